The summed E-state index contributed by atoms with van der Waals surface area (Å²) < 4.78 is 46.1. The molecular weight excluding hydrogens is 435 g/mol. The van der Waals surface area contributed by atoms with Crippen molar-refractivity contribution >= 4 is 33.2 Å². The van der Waals surface area contributed by atoms with Crippen molar-refractivity contribution in [2.45, 2.75) is 13.1 Å². The summed E-state index contributed by atoms with van der Waals surface area (Å²) in [6.45, 7) is 1.83. The average molecular weight is 446 g/mol. The number of carbonyl (C=O) groups is 1. The lowest BCUT2D eigenvalue weighted by atomic mass is 10.1. The molecule has 10 heteroatoms. The number of carbonyl (C=O) groups excluding carboxylic acids is 1. The monoisotopic (exact) mass is 445 g/mol. The van der Waals surface area contributed by atoms with Crippen LogP contribution in [-0.4, -0.2) is 27.3 Å². The number of esters is 1. The second-order valence-corrected chi connectivity index (χ2v) is 6.82. The highest BCUT2D eigenvalue weighted by atomic mass is 79.9. The Bertz CT molecular complexity index is 935. The molecule has 0 spiro atoms. The van der Waals surface area contributed by atoms with Crippen molar-refractivity contribution < 1.29 is 22.7 Å². The van der Waals surface area contributed by atoms with E-state index in [0.29, 0.717) is 5.56 Å². The molecule has 0 N–H and O–H groups in total. The van der Waals surface area contributed by atoms with Gasteiger partial charge in [-0.1, -0.05) is 28.1 Å². The number of nitrogens with zero attached hydrogens (tertiary/aromatic N) is 3. The molecule has 0 aliphatic carbocycles. The molecule has 2 aromatic heterocycles. The minimum absolute atomic E-state index is 0.0256. The molecule has 0 aliphatic rings. The molecule has 3 rings (SSSR count). The van der Waals surface area contributed by atoms with Crippen LogP contribution in [0.2, 0.25) is 0 Å². The van der Waals surface area contributed by atoms with E-state index in [1.807, 2.05) is 0 Å². The molecule has 136 valence electrons. The lowest BCUT2D eigenvalue weighted by Crippen LogP contribution is -2.08. The van der Waals surface area contributed by atoms with E-state index in [-0.39, 0.29) is 23.1 Å². The molecule has 0 unspecified atom stereocenters. The van der Waals surface area contributed by atoms with Gasteiger partial charge in [0.2, 0.25) is 5.13 Å². The van der Waals surface area contributed by atoms with Gasteiger partial charge in [0.15, 0.2) is 11.4 Å². The third kappa shape index (κ3) is 3.80. The number of alkyl halides is 3. The van der Waals surface area contributed by atoms with Gasteiger partial charge in [-0.25, -0.2) is 14.5 Å². The minimum atomic E-state index is -4.60. The van der Waals surface area contributed by atoms with E-state index in [0.717, 1.165) is 26.6 Å². The number of benzene rings is 1. The maximum absolute atomic E-state index is 13.1. The van der Waals surface area contributed by atoms with Crippen LogP contribution in [0.3, 0.4) is 0 Å². The molecule has 0 radical (unpaired) electrons. The summed E-state index contributed by atoms with van der Waals surface area (Å²) in [5.41, 5.74) is -0.264. The van der Waals surface area contributed by atoms with E-state index in [4.69, 9.17) is 4.74 Å². The molecule has 5 nitrogen and oxygen atoms in total. The van der Waals surface area contributed by atoms with E-state index in [1.54, 1.807) is 31.2 Å². The van der Waals surface area contributed by atoms with Crippen molar-refractivity contribution in [2.75, 3.05) is 6.61 Å². The third-order valence-electron chi connectivity index (χ3n) is 3.30. The first kappa shape index (κ1) is 18.6. The summed E-state index contributed by atoms with van der Waals surface area (Å²) in [5, 5.41) is 5.21. The molecule has 0 saturated carbocycles. The van der Waals surface area contributed by atoms with Crippen LogP contribution in [0.25, 0.3) is 16.4 Å². The summed E-state index contributed by atoms with van der Waals surface area (Å²) in [6, 6.07) is 7.71. The highest BCUT2D eigenvalue weighted by molar-refractivity contribution is 9.10. The van der Waals surface area contributed by atoms with Gasteiger partial charge < -0.3 is 4.74 Å². The predicted molar refractivity (Wildman–Crippen MR) is 93.3 cm³/mol. The minimum Gasteiger partial charge on any atom is -0.461 e. The topological polar surface area (TPSA) is 57.0 Å². The summed E-state index contributed by atoms with van der Waals surface area (Å²) in [4.78, 5) is 15.8. The SMILES string of the molecule is CCOC(=O)c1csc(-n2nc(C(F)(F)F)cc2-c2ccc(Br)cc2)n1. The largest absolute Gasteiger partial charge is 0.461 e. The van der Waals surface area contributed by atoms with E-state index in [9.17, 15) is 18.0 Å². The zero-order valence-electron chi connectivity index (χ0n) is 13.2. The number of rotatable bonds is 4. The van der Waals surface area contributed by atoms with Crippen LogP contribution < -0.4 is 0 Å². The number of ether oxygens (including phenoxy) is 1. The van der Waals surface area contributed by atoms with E-state index in [1.165, 1.54) is 5.38 Å². The van der Waals surface area contributed by atoms with E-state index < -0.39 is 17.8 Å². The molecule has 1 aromatic carbocycles. The second kappa shape index (κ2) is 7.20. The number of hydrogen-bond acceptors (Lipinski definition) is 5. The van der Waals surface area contributed by atoms with Gasteiger partial charge in [0.25, 0.3) is 0 Å². The Morgan fingerprint density at radius 3 is 2.62 bits per heavy atom. The third-order valence-corrected chi connectivity index (χ3v) is 4.64. The Hall–Kier alpha value is -2.20. The zero-order valence-corrected chi connectivity index (χ0v) is 15.7. The van der Waals surface area contributed by atoms with Gasteiger partial charge >= 0.3 is 12.1 Å². The average Bonchev–Trinajstić information content (AvgIpc) is 3.22. The molecule has 2 heterocycles. The highest BCUT2D eigenvalue weighted by Gasteiger charge is 2.35. The fourth-order valence-electron chi connectivity index (χ4n) is 2.15. The second-order valence-electron chi connectivity index (χ2n) is 5.07. The molecule has 0 fully saturated rings. The number of thiazole rings is 1. The molecule has 0 saturated heterocycles. The molecule has 0 amide bonds. The van der Waals surface area contributed by atoms with Crippen LogP contribution >= 0.6 is 27.3 Å². The Morgan fingerprint density at radius 2 is 2.00 bits per heavy atom. The van der Waals surface area contributed by atoms with Crippen molar-refractivity contribution in [3.05, 3.63) is 51.6 Å². The van der Waals surface area contributed by atoms with Crippen LogP contribution in [0.15, 0.2) is 40.2 Å². The van der Waals surface area contributed by atoms with E-state index >= 15 is 0 Å². The summed E-state index contributed by atoms with van der Waals surface area (Å²) in [5.74, 6) is -0.636. The fraction of sp³-hybridized carbons (Fsp3) is 0.188. The van der Waals surface area contributed by atoms with E-state index in [2.05, 4.69) is 26.0 Å². The summed E-state index contributed by atoms with van der Waals surface area (Å²) in [6.07, 6.45) is -4.60. The first-order valence-corrected chi connectivity index (χ1v) is 9.03. The number of hydrogen-bond donors (Lipinski definition) is 0. The van der Waals surface area contributed by atoms with Crippen molar-refractivity contribution in [3.63, 3.8) is 0 Å². The zero-order chi connectivity index (χ0) is 18.9. The normalized spacial score (nSPS) is 11.6. The predicted octanol–water partition coefficient (Wildman–Crippen LogP) is 4.95. The van der Waals surface area contributed by atoms with Gasteiger partial charge in [-0.3, -0.25) is 0 Å². The van der Waals surface area contributed by atoms with Crippen LogP contribution in [0.1, 0.15) is 23.1 Å². The van der Waals surface area contributed by atoms with Gasteiger partial charge in [0.05, 0.1) is 12.3 Å². The molecule has 26 heavy (non-hydrogen) atoms. The van der Waals surface area contributed by atoms with Gasteiger partial charge in [0.1, 0.15) is 0 Å². The molecular formula is C16H11BrF3N3O2S. The van der Waals surface area contributed by atoms with Gasteiger partial charge in [-0.05, 0) is 25.1 Å². The van der Waals surface area contributed by atoms with Crippen molar-refractivity contribution in [2.24, 2.45) is 0 Å². The lowest BCUT2D eigenvalue weighted by Gasteiger charge is -2.04. The van der Waals surface area contributed by atoms with Crippen LogP contribution in [0, 0.1) is 0 Å². The number of aromatic nitrogens is 3. The standard InChI is InChI=1S/C16H11BrF3N3O2S/c1-2-25-14(24)11-8-26-15(21-11)23-12(7-13(22-23)16(18,19)20)9-3-5-10(17)6-4-9/h3-8H,2H2,1H3. The maximum atomic E-state index is 13.1. The maximum Gasteiger partial charge on any atom is 0.435 e. The molecule has 0 bridgehead atoms. The summed E-state index contributed by atoms with van der Waals surface area (Å²) >= 11 is 4.29. The highest BCUT2D eigenvalue weighted by Crippen LogP contribution is 2.34. The first-order chi connectivity index (χ1) is 12.3. The Morgan fingerprint density at radius 1 is 1.31 bits per heavy atom. The van der Waals surface area contributed by atoms with Gasteiger partial charge in [0, 0.05) is 15.4 Å². The Kier molecular flexibility index (Phi) is 5.15. The molecule has 0 aliphatic heterocycles. The van der Waals surface area contributed by atoms with Crippen LogP contribution in [0.4, 0.5) is 13.2 Å². The summed E-state index contributed by atoms with van der Waals surface area (Å²) in [7, 11) is 0. The van der Waals surface area contributed by atoms with Gasteiger partial charge in [-0.2, -0.15) is 18.3 Å². The Labute approximate surface area is 158 Å². The van der Waals surface area contributed by atoms with Crippen LogP contribution in [0.5, 0.6) is 0 Å². The fourth-order valence-corrected chi connectivity index (χ4v) is 3.17. The van der Waals surface area contributed by atoms with Crippen LogP contribution in [-0.2, 0) is 10.9 Å². The molecule has 0 atom stereocenters. The number of halogens is 4. The molecule has 3 aromatic rings. The smallest absolute Gasteiger partial charge is 0.435 e. The van der Waals surface area contributed by atoms with Crippen molar-refractivity contribution in [3.8, 4) is 16.4 Å². The quantitative estimate of drug-likeness (QED) is 0.532. The van der Waals surface area contributed by atoms with Crippen molar-refractivity contribution in [1.82, 2.24) is 14.8 Å². The lowest BCUT2D eigenvalue weighted by molar-refractivity contribution is -0.141. The van der Waals surface area contributed by atoms with Crippen molar-refractivity contribution in [1.29, 1.82) is 0 Å². The first-order valence-electron chi connectivity index (χ1n) is 7.36. The Balaban J connectivity index is 2.09. The van der Waals surface area contributed by atoms with Gasteiger partial charge in [-0.15, -0.1) is 11.3 Å².